The maximum absolute atomic E-state index is 8.96. The first kappa shape index (κ1) is 9.50. The number of benzene rings is 1. The number of anilines is 1. The van der Waals surface area contributed by atoms with Gasteiger partial charge in [0, 0.05) is 33.9 Å². The van der Waals surface area contributed by atoms with Crippen molar-refractivity contribution in [2.45, 2.75) is 6.92 Å². The number of aryl methyl sites for hydroxylation is 1. The van der Waals surface area contributed by atoms with Crippen molar-refractivity contribution in [3.05, 3.63) is 23.8 Å². The van der Waals surface area contributed by atoms with Crippen LogP contribution in [0.3, 0.4) is 0 Å². The summed E-state index contributed by atoms with van der Waals surface area (Å²) in [6.07, 6.45) is 0. The van der Waals surface area contributed by atoms with E-state index in [1.54, 1.807) is 0 Å². The van der Waals surface area contributed by atoms with Gasteiger partial charge in [-0.25, -0.2) is 0 Å². The van der Waals surface area contributed by atoms with Gasteiger partial charge in [0.2, 0.25) is 0 Å². The van der Waals surface area contributed by atoms with Crippen molar-refractivity contribution in [3.63, 3.8) is 0 Å². The van der Waals surface area contributed by atoms with Crippen molar-refractivity contribution < 1.29 is 4.89 Å². The van der Waals surface area contributed by atoms with Crippen LogP contribution in [0.1, 0.15) is 5.56 Å². The molecule has 0 fully saturated rings. The Labute approximate surface area is 75.1 Å². The monoisotopic (exact) mass is 183 g/mol. The lowest BCUT2D eigenvalue weighted by atomic mass is 10.2. The summed E-state index contributed by atoms with van der Waals surface area (Å²) in [6, 6.07) is 6.08. The van der Waals surface area contributed by atoms with Gasteiger partial charge < -0.3 is 9.79 Å². The van der Waals surface area contributed by atoms with E-state index in [1.165, 1.54) is 5.69 Å². The number of rotatable bonds is 2. The van der Waals surface area contributed by atoms with Crippen molar-refractivity contribution in [1.29, 1.82) is 0 Å². The Morgan fingerprint density at radius 1 is 1.33 bits per heavy atom. The van der Waals surface area contributed by atoms with Crippen molar-refractivity contribution >= 4 is 19.8 Å². The standard InChI is InChI=1S/C9H14NOP/c1-7-6-8(10(2)3)4-5-9(7)12-11/h4-6,11-12H,1-3H3. The van der Waals surface area contributed by atoms with Crippen LogP contribution < -0.4 is 10.2 Å². The highest BCUT2D eigenvalue weighted by Gasteiger charge is 1.99. The number of hydrogen-bond acceptors (Lipinski definition) is 2. The molecule has 0 amide bonds. The minimum atomic E-state index is -0.0997. The van der Waals surface area contributed by atoms with Crippen LogP contribution in [-0.4, -0.2) is 19.0 Å². The Bertz CT molecular complexity index is 273. The third kappa shape index (κ3) is 1.96. The summed E-state index contributed by atoms with van der Waals surface area (Å²) in [5.74, 6) is 0. The van der Waals surface area contributed by atoms with Gasteiger partial charge in [-0.05, 0) is 24.6 Å². The highest BCUT2D eigenvalue weighted by molar-refractivity contribution is 7.41. The predicted octanol–water partition coefficient (Wildman–Crippen LogP) is 1.27. The van der Waals surface area contributed by atoms with E-state index in [0.717, 1.165) is 10.9 Å². The van der Waals surface area contributed by atoms with Gasteiger partial charge in [-0.3, -0.25) is 0 Å². The van der Waals surface area contributed by atoms with Crippen LogP contribution in [0.5, 0.6) is 0 Å². The van der Waals surface area contributed by atoms with E-state index in [4.69, 9.17) is 4.89 Å². The Morgan fingerprint density at radius 2 is 2.00 bits per heavy atom. The van der Waals surface area contributed by atoms with Crippen molar-refractivity contribution in [2.75, 3.05) is 19.0 Å². The summed E-state index contributed by atoms with van der Waals surface area (Å²) < 4.78 is 0. The van der Waals surface area contributed by atoms with E-state index >= 15 is 0 Å². The first-order valence-electron chi connectivity index (χ1n) is 3.83. The zero-order valence-corrected chi connectivity index (χ0v) is 8.63. The summed E-state index contributed by atoms with van der Waals surface area (Å²) in [7, 11) is 3.92. The molecular weight excluding hydrogens is 169 g/mol. The van der Waals surface area contributed by atoms with Gasteiger partial charge in [-0.1, -0.05) is 6.07 Å². The normalized spacial score (nSPS) is 11.0. The lowest BCUT2D eigenvalue weighted by molar-refractivity contribution is 0.655. The molecule has 0 aliphatic rings. The first-order valence-corrected chi connectivity index (χ1v) is 4.78. The quantitative estimate of drug-likeness (QED) is 0.698. The summed E-state index contributed by atoms with van der Waals surface area (Å²) >= 11 is 0. The average molecular weight is 183 g/mol. The summed E-state index contributed by atoms with van der Waals surface area (Å²) in [5, 5.41) is 1.03. The van der Waals surface area contributed by atoms with Crippen molar-refractivity contribution in [3.8, 4) is 0 Å². The highest BCUT2D eigenvalue weighted by Crippen LogP contribution is 2.15. The van der Waals surface area contributed by atoms with Crippen LogP contribution in [-0.2, 0) is 0 Å². The van der Waals surface area contributed by atoms with E-state index in [-0.39, 0.29) is 8.81 Å². The molecule has 12 heavy (non-hydrogen) atoms. The Morgan fingerprint density at radius 3 is 2.42 bits per heavy atom. The van der Waals surface area contributed by atoms with Gasteiger partial charge in [0.25, 0.3) is 0 Å². The molecule has 1 aromatic rings. The first-order chi connectivity index (χ1) is 5.65. The molecule has 1 unspecified atom stereocenters. The second kappa shape index (κ2) is 3.88. The SMILES string of the molecule is Cc1cc(N(C)C)ccc1PO. The lowest BCUT2D eigenvalue weighted by Crippen LogP contribution is -2.10. The van der Waals surface area contributed by atoms with Crippen molar-refractivity contribution in [1.82, 2.24) is 0 Å². The molecule has 0 bridgehead atoms. The van der Waals surface area contributed by atoms with Crippen LogP contribution in [0.4, 0.5) is 5.69 Å². The van der Waals surface area contributed by atoms with Crippen molar-refractivity contribution in [2.24, 2.45) is 0 Å². The van der Waals surface area contributed by atoms with E-state index in [0.29, 0.717) is 0 Å². The van der Waals surface area contributed by atoms with E-state index in [9.17, 15) is 0 Å². The Kier molecular flexibility index (Phi) is 3.07. The molecule has 66 valence electrons. The smallest absolute Gasteiger partial charge is 0.0422 e. The van der Waals surface area contributed by atoms with Gasteiger partial charge in [0.15, 0.2) is 0 Å². The average Bonchev–Trinajstić information content (AvgIpc) is 2.04. The second-order valence-corrected chi connectivity index (χ2v) is 3.77. The Hall–Kier alpha value is -0.590. The maximum atomic E-state index is 8.96. The number of hydrogen-bond donors (Lipinski definition) is 1. The zero-order chi connectivity index (χ0) is 9.14. The second-order valence-electron chi connectivity index (χ2n) is 3.01. The van der Waals surface area contributed by atoms with Crippen LogP contribution in [0.2, 0.25) is 0 Å². The molecule has 0 radical (unpaired) electrons. The van der Waals surface area contributed by atoms with E-state index in [1.807, 2.05) is 33.2 Å². The summed E-state index contributed by atoms with van der Waals surface area (Å²) in [6.45, 7) is 2.02. The minimum absolute atomic E-state index is 0.0997. The molecular formula is C9H14NOP. The fourth-order valence-electron chi connectivity index (χ4n) is 1.05. The highest BCUT2D eigenvalue weighted by atomic mass is 31.1. The molecule has 0 saturated carbocycles. The minimum Gasteiger partial charge on any atom is -0.378 e. The molecule has 0 saturated heterocycles. The van der Waals surface area contributed by atoms with Crippen LogP contribution in [0.15, 0.2) is 18.2 Å². The van der Waals surface area contributed by atoms with Gasteiger partial charge in [-0.15, -0.1) is 0 Å². The maximum Gasteiger partial charge on any atom is 0.0422 e. The zero-order valence-electron chi connectivity index (χ0n) is 7.63. The molecule has 0 spiro atoms. The number of nitrogens with zero attached hydrogens (tertiary/aromatic N) is 1. The molecule has 1 rings (SSSR count). The molecule has 3 heteroatoms. The van der Waals surface area contributed by atoms with Crippen LogP contribution in [0, 0.1) is 6.92 Å². The molecule has 1 aromatic carbocycles. The predicted molar refractivity (Wildman–Crippen MR) is 55.7 cm³/mol. The van der Waals surface area contributed by atoms with Crippen LogP contribution >= 0.6 is 8.81 Å². The van der Waals surface area contributed by atoms with Gasteiger partial charge in [-0.2, -0.15) is 0 Å². The summed E-state index contributed by atoms with van der Waals surface area (Å²) in [5.41, 5.74) is 2.33. The van der Waals surface area contributed by atoms with E-state index < -0.39 is 0 Å². The van der Waals surface area contributed by atoms with Gasteiger partial charge in [0.1, 0.15) is 0 Å². The third-order valence-corrected chi connectivity index (χ3v) is 2.65. The topological polar surface area (TPSA) is 23.5 Å². The molecule has 1 atom stereocenters. The molecule has 0 heterocycles. The summed E-state index contributed by atoms with van der Waals surface area (Å²) in [4.78, 5) is 11.0. The van der Waals surface area contributed by atoms with E-state index in [2.05, 4.69) is 11.0 Å². The largest absolute Gasteiger partial charge is 0.378 e. The third-order valence-electron chi connectivity index (χ3n) is 1.85. The fourth-order valence-corrected chi connectivity index (χ4v) is 1.46. The molecule has 2 nitrogen and oxygen atoms in total. The van der Waals surface area contributed by atoms with Gasteiger partial charge >= 0.3 is 0 Å². The molecule has 0 aromatic heterocycles. The lowest BCUT2D eigenvalue weighted by Gasteiger charge is -2.13. The molecule has 0 aliphatic carbocycles. The van der Waals surface area contributed by atoms with Gasteiger partial charge in [0.05, 0.1) is 0 Å². The molecule has 1 N–H and O–H groups in total. The van der Waals surface area contributed by atoms with Crippen LogP contribution in [0.25, 0.3) is 0 Å². The molecule has 0 aliphatic heterocycles. The Balaban J connectivity index is 3.02. The fraction of sp³-hybridized carbons (Fsp3) is 0.333.